The topological polar surface area (TPSA) is 95.5 Å². The molecule has 1 atom stereocenters. The number of nitrogens with zero attached hydrogens (tertiary/aromatic N) is 1. The lowest BCUT2D eigenvalue weighted by molar-refractivity contribution is -0.127. The van der Waals surface area contributed by atoms with Gasteiger partial charge in [0.2, 0.25) is 0 Å². The number of benzene rings is 4. The predicted molar refractivity (Wildman–Crippen MR) is 153 cm³/mol. The molecule has 0 aliphatic carbocycles. The molecule has 0 aromatic heterocycles. The second-order valence-corrected chi connectivity index (χ2v) is 8.64. The highest BCUT2D eigenvalue weighted by molar-refractivity contribution is 5.92. The van der Waals surface area contributed by atoms with E-state index in [-0.39, 0.29) is 5.75 Å². The quantitative estimate of drug-likeness (QED) is 0.111. The Labute approximate surface area is 233 Å². The van der Waals surface area contributed by atoms with Crippen molar-refractivity contribution in [3.63, 3.8) is 0 Å². The first-order valence-electron chi connectivity index (χ1n) is 12.7. The largest absolute Gasteiger partial charge is 0.497 e. The number of carbonyl (C=O) groups is 2. The first-order chi connectivity index (χ1) is 19.5. The van der Waals surface area contributed by atoms with E-state index >= 15 is 0 Å². The van der Waals surface area contributed by atoms with Crippen molar-refractivity contribution in [2.24, 2.45) is 5.10 Å². The SMILES string of the molecule is CCOc1cc(/C=N\NC(=O)[C@H](C)Oc2ccc(-c3ccccc3)cc2)ccc1OC(=O)c1ccc(OC)cc1. The van der Waals surface area contributed by atoms with Gasteiger partial charge in [-0.05, 0) is 85.1 Å². The van der Waals surface area contributed by atoms with Crippen LogP contribution in [0, 0.1) is 0 Å². The van der Waals surface area contributed by atoms with Crippen LogP contribution >= 0.6 is 0 Å². The van der Waals surface area contributed by atoms with Crippen molar-refractivity contribution in [1.82, 2.24) is 5.43 Å². The van der Waals surface area contributed by atoms with Crippen molar-refractivity contribution in [2.45, 2.75) is 20.0 Å². The van der Waals surface area contributed by atoms with Gasteiger partial charge in [-0.1, -0.05) is 42.5 Å². The van der Waals surface area contributed by atoms with Crippen LogP contribution in [-0.4, -0.2) is 37.9 Å². The number of hydrogen-bond acceptors (Lipinski definition) is 7. The summed E-state index contributed by atoms with van der Waals surface area (Å²) in [5, 5.41) is 4.03. The minimum absolute atomic E-state index is 0.268. The first-order valence-corrected chi connectivity index (χ1v) is 12.7. The molecule has 0 saturated carbocycles. The van der Waals surface area contributed by atoms with Gasteiger partial charge in [-0.15, -0.1) is 0 Å². The molecule has 4 aromatic carbocycles. The molecule has 1 N–H and O–H groups in total. The van der Waals surface area contributed by atoms with Gasteiger partial charge in [0, 0.05) is 0 Å². The smallest absolute Gasteiger partial charge is 0.343 e. The highest BCUT2D eigenvalue weighted by Gasteiger charge is 2.15. The summed E-state index contributed by atoms with van der Waals surface area (Å²) in [6.45, 7) is 3.84. The second kappa shape index (κ2) is 13.6. The Morgan fingerprint density at radius 3 is 2.20 bits per heavy atom. The Hall–Kier alpha value is -5.11. The van der Waals surface area contributed by atoms with Gasteiger partial charge in [0.1, 0.15) is 11.5 Å². The van der Waals surface area contributed by atoms with E-state index in [0.717, 1.165) is 11.1 Å². The number of ether oxygens (including phenoxy) is 4. The molecule has 0 unspecified atom stereocenters. The summed E-state index contributed by atoms with van der Waals surface area (Å²) < 4.78 is 22.1. The Morgan fingerprint density at radius 2 is 1.52 bits per heavy atom. The summed E-state index contributed by atoms with van der Waals surface area (Å²) >= 11 is 0. The fraction of sp³-hybridized carbons (Fsp3) is 0.156. The summed E-state index contributed by atoms with van der Waals surface area (Å²) in [4.78, 5) is 25.1. The van der Waals surface area contributed by atoms with Crippen LogP contribution in [0.15, 0.2) is 102 Å². The van der Waals surface area contributed by atoms with Gasteiger partial charge in [0.05, 0.1) is 25.5 Å². The van der Waals surface area contributed by atoms with E-state index in [9.17, 15) is 9.59 Å². The Morgan fingerprint density at radius 1 is 0.850 bits per heavy atom. The summed E-state index contributed by atoms with van der Waals surface area (Å²) in [5.41, 5.74) is 5.66. The molecule has 0 saturated heterocycles. The summed E-state index contributed by atoms with van der Waals surface area (Å²) in [6, 6.07) is 29.1. The van der Waals surface area contributed by atoms with Gasteiger partial charge in [-0.2, -0.15) is 5.10 Å². The molecule has 4 rings (SSSR count). The van der Waals surface area contributed by atoms with Crippen molar-refractivity contribution in [2.75, 3.05) is 13.7 Å². The molecule has 4 aromatic rings. The molecule has 8 nitrogen and oxygen atoms in total. The third kappa shape index (κ3) is 7.48. The number of esters is 1. The van der Waals surface area contributed by atoms with E-state index in [1.165, 1.54) is 6.21 Å². The third-order valence-electron chi connectivity index (χ3n) is 5.83. The molecule has 0 spiro atoms. The molecule has 8 heteroatoms. The number of carbonyl (C=O) groups excluding carboxylic acids is 2. The molecule has 204 valence electrons. The number of hydrogen-bond donors (Lipinski definition) is 1. The van der Waals surface area contributed by atoms with Gasteiger partial charge in [0.15, 0.2) is 17.6 Å². The Kier molecular flexibility index (Phi) is 9.50. The van der Waals surface area contributed by atoms with E-state index < -0.39 is 18.0 Å². The highest BCUT2D eigenvalue weighted by Crippen LogP contribution is 2.29. The van der Waals surface area contributed by atoms with Gasteiger partial charge in [-0.25, -0.2) is 10.2 Å². The average Bonchev–Trinajstić information content (AvgIpc) is 2.99. The zero-order chi connectivity index (χ0) is 28.3. The first kappa shape index (κ1) is 27.9. The molecule has 0 fully saturated rings. The second-order valence-electron chi connectivity index (χ2n) is 8.64. The number of rotatable bonds is 11. The molecule has 0 aliphatic rings. The Balaban J connectivity index is 1.33. The van der Waals surface area contributed by atoms with Crippen LogP contribution in [0.1, 0.15) is 29.8 Å². The van der Waals surface area contributed by atoms with E-state index in [2.05, 4.69) is 10.5 Å². The van der Waals surface area contributed by atoms with Crippen LogP contribution in [-0.2, 0) is 4.79 Å². The fourth-order valence-corrected chi connectivity index (χ4v) is 3.72. The summed E-state index contributed by atoms with van der Waals surface area (Å²) in [6.07, 6.45) is 0.704. The Bertz CT molecular complexity index is 1450. The predicted octanol–water partition coefficient (Wildman–Crippen LogP) is 5.90. The van der Waals surface area contributed by atoms with Crippen LogP contribution in [0.4, 0.5) is 0 Å². The van der Waals surface area contributed by atoms with Crippen molar-refractivity contribution >= 4 is 18.1 Å². The molecule has 0 heterocycles. The minimum Gasteiger partial charge on any atom is -0.497 e. The zero-order valence-electron chi connectivity index (χ0n) is 22.5. The van der Waals surface area contributed by atoms with E-state index in [1.807, 2.05) is 61.5 Å². The fourth-order valence-electron chi connectivity index (χ4n) is 3.72. The lowest BCUT2D eigenvalue weighted by Crippen LogP contribution is -2.33. The minimum atomic E-state index is -0.765. The maximum Gasteiger partial charge on any atom is 0.343 e. The molecule has 40 heavy (non-hydrogen) atoms. The number of hydrazone groups is 1. The van der Waals surface area contributed by atoms with Crippen molar-refractivity contribution in [3.05, 3.63) is 108 Å². The van der Waals surface area contributed by atoms with Crippen LogP contribution in [0.25, 0.3) is 11.1 Å². The maximum atomic E-state index is 12.6. The lowest BCUT2D eigenvalue weighted by Gasteiger charge is -2.13. The molecular formula is C32H30N2O6. The van der Waals surface area contributed by atoms with Crippen molar-refractivity contribution in [3.8, 4) is 34.1 Å². The van der Waals surface area contributed by atoms with E-state index in [1.54, 1.807) is 56.5 Å². The number of amides is 1. The van der Waals surface area contributed by atoms with E-state index in [0.29, 0.717) is 35.0 Å². The number of nitrogens with one attached hydrogen (secondary N) is 1. The lowest BCUT2D eigenvalue weighted by atomic mass is 10.1. The van der Waals surface area contributed by atoms with Gasteiger partial charge < -0.3 is 18.9 Å². The van der Waals surface area contributed by atoms with Crippen LogP contribution in [0.2, 0.25) is 0 Å². The standard InChI is InChI=1S/C32H30N2O6/c1-4-38-30-20-23(10-19-29(30)40-32(36)26-13-15-27(37-3)16-14-26)21-33-34-31(35)22(2)39-28-17-11-25(12-18-28)24-8-6-5-7-9-24/h5-22H,4H2,1-3H3,(H,34,35)/b33-21-/t22-/m0/s1. The maximum absolute atomic E-state index is 12.6. The molecule has 0 radical (unpaired) electrons. The molecule has 0 bridgehead atoms. The van der Waals surface area contributed by atoms with Crippen molar-refractivity contribution < 1.29 is 28.5 Å². The van der Waals surface area contributed by atoms with Gasteiger partial charge >= 0.3 is 5.97 Å². The van der Waals surface area contributed by atoms with Crippen LogP contribution in [0.3, 0.4) is 0 Å². The van der Waals surface area contributed by atoms with Crippen molar-refractivity contribution in [1.29, 1.82) is 0 Å². The van der Waals surface area contributed by atoms with Crippen LogP contribution in [0.5, 0.6) is 23.0 Å². The monoisotopic (exact) mass is 538 g/mol. The summed E-state index contributed by atoms with van der Waals surface area (Å²) in [7, 11) is 1.55. The third-order valence-corrected chi connectivity index (χ3v) is 5.83. The van der Waals surface area contributed by atoms with Crippen LogP contribution < -0.4 is 24.4 Å². The summed E-state index contributed by atoms with van der Waals surface area (Å²) in [5.74, 6) is 0.923. The molecule has 1 amide bonds. The van der Waals surface area contributed by atoms with Gasteiger partial charge in [0.25, 0.3) is 5.91 Å². The normalized spacial score (nSPS) is 11.5. The average molecular weight is 539 g/mol. The number of methoxy groups -OCH3 is 1. The van der Waals surface area contributed by atoms with Gasteiger partial charge in [-0.3, -0.25) is 4.79 Å². The zero-order valence-corrected chi connectivity index (χ0v) is 22.5. The molecule has 0 aliphatic heterocycles. The molecular weight excluding hydrogens is 508 g/mol. The van der Waals surface area contributed by atoms with E-state index in [4.69, 9.17) is 18.9 Å². The highest BCUT2D eigenvalue weighted by atomic mass is 16.6.